The molecule has 0 atom stereocenters. The molecule has 0 fully saturated rings. The number of nitrogens with one attached hydrogen (secondary N) is 2. The van der Waals surface area contributed by atoms with Crippen LogP contribution in [0, 0.1) is 5.92 Å². The van der Waals surface area contributed by atoms with Gasteiger partial charge in [-0.25, -0.2) is 0 Å². The minimum absolute atomic E-state index is 0.000832. The maximum atomic E-state index is 12.0. The van der Waals surface area contributed by atoms with Gasteiger partial charge in [0.05, 0.1) is 5.54 Å². The van der Waals surface area contributed by atoms with Gasteiger partial charge < -0.3 is 10.6 Å². The minimum Gasteiger partial charge on any atom is -0.354 e. The summed E-state index contributed by atoms with van der Waals surface area (Å²) in [6.45, 7) is 7.92. The Balaban J connectivity index is 2.49. The van der Waals surface area contributed by atoms with Crippen LogP contribution >= 0.6 is 0 Å². The number of carbonyl (C=O) groups excluding carboxylic acids is 2. The first-order chi connectivity index (χ1) is 8.82. The van der Waals surface area contributed by atoms with E-state index in [2.05, 4.69) is 10.6 Å². The first-order valence-corrected chi connectivity index (χ1v) is 6.79. The fraction of sp³-hybridized carbons (Fsp3) is 0.600. The number of rotatable bonds is 5. The molecule has 0 bridgehead atoms. The van der Waals surface area contributed by atoms with Crippen molar-refractivity contribution in [2.45, 2.75) is 46.1 Å². The number of carbonyl (C=O) groups is 2. The van der Waals surface area contributed by atoms with Gasteiger partial charge in [-0.3, -0.25) is 9.59 Å². The van der Waals surface area contributed by atoms with E-state index in [1.165, 1.54) is 0 Å². The van der Waals surface area contributed by atoms with Crippen LogP contribution in [0.1, 0.15) is 40.5 Å². The van der Waals surface area contributed by atoms with E-state index in [0.717, 1.165) is 12.8 Å². The number of hydrogen-bond acceptors (Lipinski definition) is 2. The first kappa shape index (κ1) is 15.5. The van der Waals surface area contributed by atoms with Crippen molar-refractivity contribution in [3.63, 3.8) is 0 Å². The molecule has 2 N–H and O–H groups in total. The first-order valence-electron chi connectivity index (χ1n) is 6.79. The summed E-state index contributed by atoms with van der Waals surface area (Å²) in [6, 6.07) is 0. The summed E-state index contributed by atoms with van der Waals surface area (Å²) in [4.78, 5) is 23.6. The number of allylic oxidation sites excluding steroid dienone is 2. The van der Waals surface area contributed by atoms with Gasteiger partial charge in [-0.2, -0.15) is 0 Å². The van der Waals surface area contributed by atoms with E-state index in [0.29, 0.717) is 12.1 Å². The zero-order chi connectivity index (χ0) is 14.5. The lowest BCUT2D eigenvalue weighted by Crippen LogP contribution is -2.52. The van der Waals surface area contributed by atoms with E-state index in [9.17, 15) is 9.59 Å². The highest BCUT2D eigenvalue weighted by Gasteiger charge is 2.23. The van der Waals surface area contributed by atoms with Crippen LogP contribution in [-0.2, 0) is 9.59 Å². The molecule has 1 aliphatic rings. The normalized spacial score (nSPS) is 15.1. The van der Waals surface area contributed by atoms with Crippen LogP contribution < -0.4 is 10.6 Å². The maximum absolute atomic E-state index is 12.0. The number of amides is 2. The molecule has 106 valence electrons. The molecule has 4 heteroatoms. The molecule has 0 aromatic carbocycles. The van der Waals surface area contributed by atoms with Crippen LogP contribution in [0.3, 0.4) is 0 Å². The third kappa shape index (κ3) is 5.28. The van der Waals surface area contributed by atoms with Crippen molar-refractivity contribution in [2.75, 3.05) is 6.54 Å². The van der Waals surface area contributed by atoms with Gasteiger partial charge in [-0.05, 0) is 26.7 Å². The highest BCUT2D eigenvalue weighted by molar-refractivity contribution is 5.96. The Morgan fingerprint density at radius 2 is 2.00 bits per heavy atom. The minimum atomic E-state index is -0.465. The van der Waals surface area contributed by atoms with Gasteiger partial charge in [0.25, 0.3) is 5.91 Å². The second kappa shape index (κ2) is 6.55. The summed E-state index contributed by atoms with van der Waals surface area (Å²) in [5.41, 5.74) is 0.239. The summed E-state index contributed by atoms with van der Waals surface area (Å²) in [6.07, 6.45) is 7.69. The molecule has 0 aliphatic heterocycles. The van der Waals surface area contributed by atoms with Crippen molar-refractivity contribution in [1.29, 1.82) is 0 Å². The molecule has 0 saturated carbocycles. The third-order valence-corrected chi connectivity index (χ3v) is 2.94. The van der Waals surface area contributed by atoms with Crippen molar-refractivity contribution < 1.29 is 9.59 Å². The average Bonchev–Trinajstić information content (AvgIpc) is 2.36. The molecule has 0 spiro atoms. The summed E-state index contributed by atoms with van der Waals surface area (Å²) >= 11 is 0. The van der Waals surface area contributed by atoms with Crippen LogP contribution in [0.15, 0.2) is 23.8 Å². The SMILES string of the molecule is CC(C)C(=O)NCC(C)(C)NC(=O)C1=CCCC=C1. The predicted octanol–water partition coefficient (Wildman–Crippen LogP) is 1.93. The lowest BCUT2D eigenvalue weighted by molar-refractivity contribution is -0.125. The van der Waals surface area contributed by atoms with E-state index in [1.807, 2.05) is 45.9 Å². The van der Waals surface area contributed by atoms with E-state index >= 15 is 0 Å². The van der Waals surface area contributed by atoms with Crippen molar-refractivity contribution in [2.24, 2.45) is 5.92 Å². The molecule has 19 heavy (non-hydrogen) atoms. The van der Waals surface area contributed by atoms with Crippen molar-refractivity contribution in [3.8, 4) is 0 Å². The zero-order valence-electron chi connectivity index (χ0n) is 12.2. The van der Waals surface area contributed by atoms with Crippen LogP contribution in [0.5, 0.6) is 0 Å². The highest BCUT2D eigenvalue weighted by Crippen LogP contribution is 2.11. The van der Waals surface area contributed by atoms with E-state index in [4.69, 9.17) is 0 Å². The van der Waals surface area contributed by atoms with Gasteiger partial charge in [-0.15, -0.1) is 0 Å². The monoisotopic (exact) mass is 264 g/mol. The third-order valence-electron chi connectivity index (χ3n) is 2.94. The van der Waals surface area contributed by atoms with Crippen molar-refractivity contribution >= 4 is 11.8 Å². The standard InChI is InChI=1S/C15H24N2O2/c1-11(2)13(18)16-10-15(3,4)17-14(19)12-8-6-5-7-9-12/h6,8-9,11H,5,7,10H2,1-4H3,(H,16,18)(H,17,19). The maximum Gasteiger partial charge on any atom is 0.251 e. The fourth-order valence-electron chi connectivity index (χ4n) is 1.72. The van der Waals surface area contributed by atoms with Crippen LogP contribution in [0.25, 0.3) is 0 Å². The van der Waals surface area contributed by atoms with Gasteiger partial charge >= 0.3 is 0 Å². The Bertz CT molecular complexity index is 406. The predicted molar refractivity (Wildman–Crippen MR) is 76.5 cm³/mol. The van der Waals surface area contributed by atoms with Gasteiger partial charge in [0.1, 0.15) is 0 Å². The molecule has 4 nitrogen and oxygen atoms in total. The van der Waals surface area contributed by atoms with E-state index in [-0.39, 0.29) is 17.7 Å². The molecule has 0 heterocycles. The summed E-state index contributed by atoms with van der Waals surface area (Å²) < 4.78 is 0. The Labute approximate surface area is 115 Å². The highest BCUT2D eigenvalue weighted by atomic mass is 16.2. The summed E-state index contributed by atoms with van der Waals surface area (Å²) in [5, 5.41) is 5.79. The number of hydrogen-bond donors (Lipinski definition) is 2. The second-order valence-corrected chi connectivity index (χ2v) is 5.85. The average molecular weight is 264 g/mol. The smallest absolute Gasteiger partial charge is 0.251 e. The Kier molecular flexibility index (Phi) is 5.33. The molecule has 1 aliphatic carbocycles. The van der Waals surface area contributed by atoms with Crippen LogP contribution in [0.2, 0.25) is 0 Å². The second-order valence-electron chi connectivity index (χ2n) is 5.85. The van der Waals surface area contributed by atoms with E-state index < -0.39 is 5.54 Å². The molecule has 0 aromatic heterocycles. The molecular formula is C15H24N2O2. The van der Waals surface area contributed by atoms with Crippen LogP contribution in [0.4, 0.5) is 0 Å². The molecule has 0 saturated heterocycles. The Hall–Kier alpha value is -1.58. The molecule has 0 aromatic rings. The quantitative estimate of drug-likeness (QED) is 0.797. The lowest BCUT2D eigenvalue weighted by Gasteiger charge is -2.27. The molecule has 0 radical (unpaired) electrons. The topological polar surface area (TPSA) is 58.2 Å². The molecule has 2 amide bonds. The van der Waals surface area contributed by atoms with Gasteiger partial charge in [0.15, 0.2) is 0 Å². The van der Waals surface area contributed by atoms with E-state index in [1.54, 1.807) is 0 Å². The molecular weight excluding hydrogens is 240 g/mol. The van der Waals surface area contributed by atoms with Gasteiger partial charge in [0, 0.05) is 18.0 Å². The zero-order valence-corrected chi connectivity index (χ0v) is 12.2. The lowest BCUT2D eigenvalue weighted by atomic mass is 10.0. The fourth-order valence-corrected chi connectivity index (χ4v) is 1.72. The van der Waals surface area contributed by atoms with Crippen molar-refractivity contribution in [3.05, 3.63) is 23.8 Å². The largest absolute Gasteiger partial charge is 0.354 e. The van der Waals surface area contributed by atoms with Gasteiger partial charge in [-0.1, -0.05) is 32.1 Å². The van der Waals surface area contributed by atoms with Crippen molar-refractivity contribution in [1.82, 2.24) is 10.6 Å². The van der Waals surface area contributed by atoms with Crippen LogP contribution in [-0.4, -0.2) is 23.9 Å². The summed E-state index contributed by atoms with van der Waals surface area (Å²) in [7, 11) is 0. The Morgan fingerprint density at radius 3 is 2.53 bits per heavy atom. The Morgan fingerprint density at radius 1 is 1.32 bits per heavy atom. The molecule has 1 rings (SSSR count). The van der Waals surface area contributed by atoms with Gasteiger partial charge in [0.2, 0.25) is 5.91 Å². The molecule has 0 unspecified atom stereocenters. The summed E-state index contributed by atoms with van der Waals surface area (Å²) in [5.74, 6) is -0.130.